The topological polar surface area (TPSA) is 66.6 Å². The molecule has 0 aliphatic heterocycles. The fourth-order valence-corrected chi connectivity index (χ4v) is 2.10. The highest BCUT2D eigenvalue weighted by Crippen LogP contribution is 2.12. The Morgan fingerprint density at radius 2 is 1.80 bits per heavy atom. The monoisotopic (exact) mass is 341 g/mol. The van der Waals surface area contributed by atoms with Gasteiger partial charge in [0.1, 0.15) is 0 Å². The summed E-state index contributed by atoms with van der Waals surface area (Å²) in [5.74, 6) is -0.487. The fourth-order valence-electron chi connectivity index (χ4n) is 1.83. The van der Waals surface area contributed by atoms with E-state index in [2.05, 4.69) is 15.9 Å². The standard InChI is InChI=1S/C14H20BrN3O2/c1-10(17(2)9-13(16)19)14(20)18(3)8-11-4-6-12(15)7-5-11/h4-7,10H,8-9H2,1-3H3,(H2,16,19). The molecule has 0 radical (unpaired) electrons. The Balaban J connectivity index is 2.62. The van der Waals surface area contributed by atoms with E-state index < -0.39 is 5.91 Å². The lowest BCUT2D eigenvalue weighted by atomic mass is 10.2. The van der Waals surface area contributed by atoms with Crippen LogP contribution < -0.4 is 5.73 Å². The Labute approximate surface area is 127 Å². The number of hydrogen-bond acceptors (Lipinski definition) is 3. The van der Waals surface area contributed by atoms with Crippen molar-refractivity contribution in [1.82, 2.24) is 9.80 Å². The van der Waals surface area contributed by atoms with Crippen LogP contribution in [0.2, 0.25) is 0 Å². The number of primary amides is 1. The first-order chi connectivity index (χ1) is 9.31. The van der Waals surface area contributed by atoms with Crippen LogP contribution in [-0.2, 0) is 16.1 Å². The third kappa shape index (κ3) is 4.94. The van der Waals surface area contributed by atoms with E-state index in [0.29, 0.717) is 6.54 Å². The summed E-state index contributed by atoms with van der Waals surface area (Å²) in [5, 5.41) is 0. The first-order valence-electron chi connectivity index (χ1n) is 6.29. The largest absolute Gasteiger partial charge is 0.369 e. The fraction of sp³-hybridized carbons (Fsp3) is 0.429. The van der Waals surface area contributed by atoms with Gasteiger partial charge in [-0.1, -0.05) is 28.1 Å². The maximum atomic E-state index is 12.3. The lowest BCUT2D eigenvalue weighted by molar-refractivity contribution is -0.135. The summed E-state index contributed by atoms with van der Waals surface area (Å²) < 4.78 is 1.00. The summed E-state index contributed by atoms with van der Waals surface area (Å²) in [6.07, 6.45) is 0. The predicted octanol–water partition coefficient (Wildman–Crippen LogP) is 1.21. The summed E-state index contributed by atoms with van der Waals surface area (Å²) in [6.45, 7) is 2.36. The molecular weight excluding hydrogens is 322 g/mol. The van der Waals surface area contributed by atoms with Crippen molar-refractivity contribution in [3.8, 4) is 0 Å². The quantitative estimate of drug-likeness (QED) is 0.845. The van der Waals surface area contributed by atoms with Gasteiger partial charge in [-0.3, -0.25) is 14.5 Å². The Morgan fingerprint density at radius 1 is 1.25 bits per heavy atom. The molecule has 2 amide bonds. The zero-order chi connectivity index (χ0) is 15.3. The number of rotatable bonds is 6. The van der Waals surface area contributed by atoms with Crippen molar-refractivity contribution < 1.29 is 9.59 Å². The maximum absolute atomic E-state index is 12.3. The second-order valence-corrected chi connectivity index (χ2v) is 5.79. The highest BCUT2D eigenvalue weighted by molar-refractivity contribution is 9.10. The van der Waals surface area contributed by atoms with Gasteiger partial charge in [-0.25, -0.2) is 0 Å². The van der Waals surface area contributed by atoms with E-state index in [0.717, 1.165) is 10.0 Å². The summed E-state index contributed by atoms with van der Waals surface area (Å²) in [5.41, 5.74) is 6.19. The number of halogens is 1. The maximum Gasteiger partial charge on any atom is 0.239 e. The molecule has 0 saturated carbocycles. The molecule has 0 aliphatic carbocycles. The van der Waals surface area contributed by atoms with Crippen molar-refractivity contribution in [3.63, 3.8) is 0 Å². The first-order valence-corrected chi connectivity index (χ1v) is 7.08. The number of carbonyl (C=O) groups excluding carboxylic acids is 2. The molecule has 5 nitrogen and oxygen atoms in total. The second-order valence-electron chi connectivity index (χ2n) is 4.88. The number of benzene rings is 1. The van der Waals surface area contributed by atoms with Gasteiger partial charge < -0.3 is 10.6 Å². The van der Waals surface area contributed by atoms with E-state index in [-0.39, 0.29) is 18.5 Å². The van der Waals surface area contributed by atoms with Crippen LogP contribution in [0.15, 0.2) is 28.7 Å². The Morgan fingerprint density at radius 3 is 2.30 bits per heavy atom. The van der Waals surface area contributed by atoms with Gasteiger partial charge in [-0.15, -0.1) is 0 Å². The van der Waals surface area contributed by atoms with E-state index in [1.165, 1.54) is 0 Å². The van der Waals surface area contributed by atoms with Crippen molar-refractivity contribution >= 4 is 27.7 Å². The van der Waals surface area contributed by atoms with Crippen LogP contribution in [0.4, 0.5) is 0 Å². The molecule has 0 heterocycles. The predicted molar refractivity (Wildman–Crippen MR) is 81.9 cm³/mol. The smallest absolute Gasteiger partial charge is 0.239 e. The Kier molecular flexibility index (Phi) is 6.16. The molecule has 0 saturated heterocycles. The molecule has 1 atom stereocenters. The van der Waals surface area contributed by atoms with Crippen molar-refractivity contribution in [2.75, 3.05) is 20.6 Å². The van der Waals surface area contributed by atoms with Crippen molar-refractivity contribution in [2.24, 2.45) is 5.73 Å². The van der Waals surface area contributed by atoms with Crippen LogP contribution >= 0.6 is 15.9 Å². The SMILES string of the molecule is CC(C(=O)N(C)Cc1ccc(Br)cc1)N(C)CC(N)=O. The third-order valence-corrected chi connectivity index (χ3v) is 3.66. The lowest BCUT2D eigenvalue weighted by Gasteiger charge is -2.27. The molecule has 1 rings (SSSR count). The van der Waals surface area contributed by atoms with Gasteiger partial charge >= 0.3 is 0 Å². The number of amides is 2. The van der Waals surface area contributed by atoms with Crippen LogP contribution in [0.1, 0.15) is 12.5 Å². The van der Waals surface area contributed by atoms with Gasteiger partial charge in [-0.2, -0.15) is 0 Å². The van der Waals surface area contributed by atoms with Gasteiger partial charge in [0.05, 0.1) is 12.6 Å². The Hall–Kier alpha value is -1.40. The van der Waals surface area contributed by atoms with Gasteiger partial charge in [0.15, 0.2) is 0 Å². The molecule has 0 spiro atoms. The molecule has 0 aliphatic rings. The second kappa shape index (κ2) is 7.40. The zero-order valence-electron chi connectivity index (χ0n) is 12.0. The minimum Gasteiger partial charge on any atom is -0.369 e. The van der Waals surface area contributed by atoms with Crippen molar-refractivity contribution in [1.29, 1.82) is 0 Å². The minimum atomic E-state index is -0.442. The first kappa shape index (κ1) is 16.7. The molecule has 0 bridgehead atoms. The molecular formula is C14H20BrN3O2. The minimum absolute atomic E-state index is 0.0448. The highest BCUT2D eigenvalue weighted by Gasteiger charge is 2.22. The molecule has 0 fully saturated rings. The summed E-state index contributed by atoms with van der Waals surface area (Å²) in [6, 6.07) is 7.42. The summed E-state index contributed by atoms with van der Waals surface area (Å²) >= 11 is 3.37. The van der Waals surface area contributed by atoms with Gasteiger partial charge in [-0.05, 0) is 31.7 Å². The van der Waals surface area contributed by atoms with Crippen molar-refractivity contribution in [2.45, 2.75) is 19.5 Å². The van der Waals surface area contributed by atoms with Crippen LogP contribution in [0.5, 0.6) is 0 Å². The van der Waals surface area contributed by atoms with E-state index in [9.17, 15) is 9.59 Å². The van der Waals surface area contributed by atoms with Crippen LogP contribution in [0, 0.1) is 0 Å². The highest BCUT2D eigenvalue weighted by atomic mass is 79.9. The normalized spacial score (nSPS) is 12.2. The van der Waals surface area contributed by atoms with Crippen LogP contribution in [-0.4, -0.2) is 48.3 Å². The third-order valence-electron chi connectivity index (χ3n) is 3.13. The number of nitrogens with zero attached hydrogens (tertiary/aromatic N) is 2. The zero-order valence-corrected chi connectivity index (χ0v) is 13.6. The van der Waals surface area contributed by atoms with E-state index in [1.54, 1.807) is 30.8 Å². The van der Waals surface area contributed by atoms with Crippen LogP contribution in [0.3, 0.4) is 0 Å². The summed E-state index contributed by atoms with van der Waals surface area (Å²) in [7, 11) is 3.46. The number of carbonyl (C=O) groups is 2. The van der Waals surface area contributed by atoms with Crippen molar-refractivity contribution in [3.05, 3.63) is 34.3 Å². The summed E-state index contributed by atoms with van der Waals surface area (Å²) in [4.78, 5) is 26.4. The van der Waals surface area contributed by atoms with Gasteiger partial charge in [0, 0.05) is 18.1 Å². The lowest BCUT2D eigenvalue weighted by Crippen LogP contribution is -2.46. The Bertz CT molecular complexity index is 476. The molecule has 0 aromatic heterocycles. The molecule has 110 valence electrons. The van der Waals surface area contributed by atoms with Gasteiger partial charge in [0.25, 0.3) is 0 Å². The number of hydrogen-bond donors (Lipinski definition) is 1. The number of nitrogens with two attached hydrogens (primary N) is 1. The molecule has 1 unspecified atom stereocenters. The average Bonchev–Trinajstić information content (AvgIpc) is 2.38. The molecule has 1 aromatic carbocycles. The molecule has 2 N–H and O–H groups in total. The van der Waals surface area contributed by atoms with E-state index in [1.807, 2.05) is 24.3 Å². The number of likely N-dealkylation sites (N-methyl/N-ethyl adjacent to an activating group) is 2. The average molecular weight is 342 g/mol. The van der Waals surface area contributed by atoms with E-state index in [4.69, 9.17) is 5.73 Å². The molecule has 1 aromatic rings. The van der Waals surface area contributed by atoms with Crippen LogP contribution in [0.25, 0.3) is 0 Å². The van der Waals surface area contributed by atoms with E-state index >= 15 is 0 Å². The van der Waals surface area contributed by atoms with Gasteiger partial charge in [0.2, 0.25) is 11.8 Å². The molecule has 6 heteroatoms. The molecule has 20 heavy (non-hydrogen) atoms.